The summed E-state index contributed by atoms with van der Waals surface area (Å²) in [7, 11) is 1.69. The van der Waals surface area contributed by atoms with Crippen LogP contribution in [0.5, 0.6) is 11.5 Å². The van der Waals surface area contributed by atoms with Crippen LogP contribution in [0.25, 0.3) is 5.69 Å². The molecule has 1 amide bonds. The predicted molar refractivity (Wildman–Crippen MR) is 113 cm³/mol. The Morgan fingerprint density at radius 3 is 2.48 bits per heavy atom. The largest absolute Gasteiger partial charge is 0.490 e. The number of benzene rings is 2. The van der Waals surface area contributed by atoms with E-state index in [0.717, 1.165) is 16.9 Å². The summed E-state index contributed by atoms with van der Waals surface area (Å²) in [5.41, 5.74) is 3.52. The molecule has 0 N–H and O–H groups in total. The van der Waals surface area contributed by atoms with E-state index in [9.17, 15) is 13.6 Å². The molecular weight excluding hydrogens is 404 g/mol. The summed E-state index contributed by atoms with van der Waals surface area (Å²) in [6.07, 6.45) is 0. The van der Waals surface area contributed by atoms with Crippen molar-refractivity contribution >= 4 is 5.91 Å². The first-order valence-corrected chi connectivity index (χ1v) is 9.89. The maximum absolute atomic E-state index is 13.2. The fourth-order valence-electron chi connectivity index (χ4n) is 3.42. The average Bonchev–Trinajstić information content (AvgIpc) is 3.04. The highest BCUT2D eigenvalue weighted by Crippen LogP contribution is 2.30. The highest BCUT2D eigenvalue weighted by Gasteiger charge is 2.23. The lowest BCUT2D eigenvalue weighted by Crippen LogP contribution is -2.27. The Balaban J connectivity index is 1.83. The molecule has 0 spiro atoms. The van der Waals surface area contributed by atoms with E-state index in [2.05, 4.69) is 9.84 Å². The second kappa shape index (κ2) is 9.59. The normalized spacial score (nSPS) is 10.9. The molecule has 0 saturated carbocycles. The van der Waals surface area contributed by atoms with Crippen molar-refractivity contribution in [1.29, 1.82) is 0 Å². The van der Waals surface area contributed by atoms with E-state index in [-0.39, 0.29) is 24.0 Å². The van der Waals surface area contributed by atoms with Crippen LogP contribution in [0, 0.1) is 13.8 Å². The molecule has 3 rings (SSSR count). The summed E-state index contributed by atoms with van der Waals surface area (Å²) in [5.74, 6) is -0.00105. The monoisotopic (exact) mass is 429 g/mol. The standard InChI is InChI=1S/C23H25F2N3O3/c1-5-30-20-13-17(11-12-19(20)31-23(24)25)14-27(4)22(29)21-15(2)26-28(16(21)3)18-9-7-6-8-10-18/h6-13,23H,5,14H2,1-4H3. The van der Waals surface area contributed by atoms with Gasteiger partial charge in [-0.2, -0.15) is 13.9 Å². The van der Waals surface area contributed by atoms with Crippen molar-refractivity contribution in [2.24, 2.45) is 0 Å². The molecule has 2 aromatic carbocycles. The Hall–Kier alpha value is -3.42. The molecular formula is C23H25F2N3O3. The van der Waals surface area contributed by atoms with Crippen LogP contribution >= 0.6 is 0 Å². The number of alkyl halides is 2. The molecule has 0 unspecified atom stereocenters. The van der Waals surface area contributed by atoms with Gasteiger partial charge in [0.15, 0.2) is 11.5 Å². The third kappa shape index (κ3) is 5.02. The quantitative estimate of drug-likeness (QED) is 0.518. The molecule has 31 heavy (non-hydrogen) atoms. The van der Waals surface area contributed by atoms with Crippen LogP contribution in [0.3, 0.4) is 0 Å². The van der Waals surface area contributed by atoms with Gasteiger partial charge in [0.05, 0.1) is 29.2 Å². The molecule has 0 fully saturated rings. The lowest BCUT2D eigenvalue weighted by Gasteiger charge is -2.19. The first-order valence-electron chi connectivity index (χ1n) is 9.89. The van der Waals surface area contributed by atoms with Gasteiger partial charge < -0.3 is 14.4 Å². The molecule has 0 aliphatic rings. The number of para-hydroxylation sites is 1. The van der Waals surface area contributed by atoms with Gasteiger partial charge in [-0.25, -0.2) is 4.68 Å². The van der Waals surface area contributed by atoms with Gasteiger partial charge in [-0.3, -0.25) is 4.79 Å². The number of halogens is 2. The second-order valence-electron chi connectivity index (χ2n) is 7.05. The van der Waals surface area contributed by atoms with E-state index in [4.69, 9.17) is 4.74 Å². The van der Waals surface area contributed by atoms with Crippen LogP contribution in [-0.2, 0) is 6.54 Å². The maximum atomic E-state index is 13.2. The van der Waals surface area contributed by atoms with Crippen molar-refractivity contribution in [3.63, 3.8) is 0 Å². The van der Waals surface area contributed by atoms with Crippen LogP contribution in [0.15, 0.2) is 48.5 Å². The van der Waals surface area contributed by atoms with E-state index < -0.39 is 6.61 Å². The van der Waals surface area contributed by atoms with Gasteiger partial charge in [-0.05, 0) is 50.6 Å². The number of carbonyl (C=O) groups is 1. The summed E-state index contributed by atoms with van der Waals surface area (Å²) in [4.78, 5) is 14.7. The third-order valence-electron chi connectivity index (χ3n) is 4.80. The van der Waals surface area contributed by atoms with E-state index in [1.54, 1.807) is 42.6 Å². The van der Waals surface area contributed by atoms with Crippen LogP contribution in [0.2, 0.25) is 0 Å². The maximum Gasteiger partial charge on any atom is 0.387 e. The molecule has 6 nitrogen and oxygen atoms in total. The van der Waals surface area contributed by atoms with E-state index >= 15 is 0 Å². The molecule has 0 atom stereocenters. The van der Waals surface area contributed by atoms with Crippen LogP contribution in [0.1, 0.15) is 34.2 Å². The Labute approximate surface area is 180 Å². The van der Waals surface area contributed by atoms with E-state index in [0.29, 0.717) is 17.9 Å². The van der Waals surface area contributed by atoms with Gasteiger partial charge in [-0.15, -0.1) is 0 Å². The van der Waals surface area contributed by atoms with Crippen LogP contribution < -0.4 is 9.47 Å². The Morgan fingerprint density at radius 1 is 1.13 bits per heavy atom. The summed E-state index contributed by atoms with van der Waals surface area (Å²) in [6, 6.07) is 14.3. The Kier molecular flexibility index (Phi) is 6.89. The molecule has 1 aromatic heterocycles. The van der Waals surface area contributed by atoms with Crippen molar-refractivity contribution in [1.82, 2.24) is 14.7 Å². The SMILES string of the molecule is CCOc1cc(CN(C)C(=O)c2c(C)nn(-c3ccccc3)c2C)ccc1OC(F)F. The van der Waals surface area contributed by atoms with E-state index in [1.165, 1.54) is 6.07 Å². The number of rotatable bonds is 8. The van der Waals surface area contributed by atoms with Crippen molar-refractivity contribution in [2.45, 2.75) is 33.9 Å². The molecule has 8 heteroatoms. The fraction of sp³-hybridized carbons (Fsp3) is 0.304. The van der Waals surface area contributed by atoms with Gasteiger partial charge >= 0.3 is 6.61 Å². The highest BCUT2D eigenvalue weighted by atomic mass is 19.3. The minimum absolute atomic E-state index is 0.0367. The molecule has 164 valence electrons. The van der Waals surface area contributed by atoms with Gasteiger partial charge in [-0.1, -0.05) is 24.3 Å². The summed E-state index contributed by atoms with van der Waals surface area (Å²) < 4.78 is 36.9. The number of nitrogens with zero attached hydrogens (tertiary/aromatic N) is 3. The highest BCUT2D eigenvalue weighted by molar-refractivity contribution is 5.96. The van der Waals surface area contributed by atoms with Crippen molar-refractivity contribution in [3.05, 3.63) is 71.0 Å². The van der Waals surface area contributed by atoms with Gasteiger partial charge in [0, 0.05) is 13.6 Å². The third-order valence-corrected chi connectivity index (χ3v) is 4.80. The Morgan fingerprint density at radius 2 is 1.84 bits per heavy atom. The lowest BCUT2D eigenvalue weighted by atomic mass is 10.1. The number of hydrogen-bond donors (Lipinski definition) is 0. The zero-order chi connectivity index (χ0) is 22.5. The Bertz CT molecular complexity index is 1050. The van der Waals surface area contributed by atoms with Crippen LogP contribution in [0.4, 0.5) is 8.78 Å². The number of amides is 1. The zero-order valence-electron chi connectivity index (χ0n) is 17.9. The molecule has 0 aliphatic carbocycles. The average molecular weight is 429 g/mol. The summed E-state index contributed by atoms with van der Waals surface area (Å²) in [5, 5.41) is 4.53. The molecule has 0 aliphatic heterocycles. The van der Waals surface area contributed by atoms with Gasteiger partial charge in [0.2, 0.25) is 0 Å². The smallest absolute Gasteiger partial charge is 0.387 e. The number of hydrogen-bond acceptors (Lipinski definition) is 4. The molecule has 3 aromatic rings. The topological polar surface area (TPSA) is 56.6 Å². The number of aryl methyl sites for hydroxylation is 1. The van der Waals surface area contributed by atoms with Gasteiger partial charge in [0.25, 0.3) is 5.91 Å². The van der Waals surface area contributed by atoms with Gasteiger partial charge in [0.1, 0.15) is 0 Å². The molecule has 0 bridgehead atoms. The molecule has 0 saturated heterocycles. The first kappa shape index (κ1) is 22.3. The summed E-state index contributed by atoms with van der Waals surface area (Å²) in [6.45, 7) is 3.04. The zero-order valence-corrected chi connectivity index (χ0v) is 17.9. The number of aromatic nitrogens is 2. The van der Waals surface area contributed by atoms with Crippen molar-refractivity contribution < 1.29 is 23.0 Å². The first-order chi connectivity index (χ1) is 14.8. The van der Waals surface area contributed by atoms with Crippen LogP contribution in [-0.4, -0.2) is 40.9 Å². The lowest BCUT2D eigenvalue weighted by molar-refractivity contribution is -0.0514. The van der Waals surface area contributed by atoms with Crippen molar-refractivity contribution in [2.75, 3.05) is 13.7 Å². The fourth-order valence-corrected chi connectivity index (χ4v) is 3.42. The molecule has 1 heterocycles. The number of ether oxygens (including phenoxy) is 2. The number of carbonyl (C=O) groups excluding carboxylic acids is 1. The minimum atomic E-state index is -2.94. The van der Waals surface area contributed by atoms with Crippen molar-refractivity contribution in [3.8, 4) is 17.2 Å². The summed E-state index contributed by atoms with van der Waals surface area (Å²) >= 11 is 0. The second-order valence-corrected chi connectivity index (χ2v) is 7.05. The predicted octanol–water partition coefficient (Wildman–Crippen LogP) is 4.76. The van der Waals surface area contributed by atoms with E-state index in [1.807, 2.05) is 37.3 Å². The molecule has 0 radical (unpaired) electrons. The minimum Gasteiger partial charge on any atom is -0.490 e.